The fourth-order valence-electron chi connectivity index (χ4n) is 4.94. The third-order valence-electron chi connectivity index (χ3n) is 6.97. The Hall–Kier alpha value is -2.75. The summed E-state index contributed by atoms with van der Waals surface area (Å²) in [4.78, 5) is 2.06. The lowest BCUT2D eigenvalue weighted by molar-refractivity contribution is 0.130. The standard InChI is InChI=1S/C27H35N5O3S.2ClH/c1-4-36(33,34)32-23(14-18(2)20-6-5-7-21(15-20)27(29)30)16-22-17-25(8-9-26(22)32)35-24-10-12-31(13-11-24)19(3)28;;/h5-9,14-15,17,23-24,28H,4,10-13,16H2,1-3H3,(H3,29,30);2*1H/b18-14+,28-19?;;. The number of likely N-dealkylation sites (tertiary alicyclic amines) is 1. The van der Waals surface area contributed by atoms with E-state index < -0.39 is 10.0 Å². The maximum atomic E-state index is 13.1. The zero-order chi connectivity index (χ0) is 26.0. The Balaban J connectivity index is 0.00000253. The number of anilines is 1. The first kappa shape index (κ1) is 31.5. The monoisotopic (exact) mass is 581 g/mol. The van der Waals surface area contributed by atoms with Gasteiger partial charge in [-0.3, -0.25) is 15.1 Å². The van der Waals surface area contributed by atoms with Crippen LogP contribution in [0.3, 0.4) is 0 Å². The van der Waals surface area contributed by atoms with Crippen LogP contribution in [-0.4, -0.2) is 56.0 Å². The number of halogens is 2. The number of amidine groups is 2. The molecule has 2 aromatic rings. The Morgan fingerprint density at radius 2 is 1.74 bits per heavy atom. The summed E-state index contributed by atoms with van der Waals surface area (Å²) in [6.07, 6.45) is 4.34. The molecule has 2 aliphatic heterocycles. The molecule has 8 nitrogen and oxygen atoms in total. The molecule has 208 valence electrons. The fourth-order valence-corrected chi connectivity index (χ4v) is 6.24. The van der Waals surface area contributed by atoms with Gasteiger partial charge >= 0.3 is 0 Å². The number of sulfonamides is 1. The molecule has 38 heavy (non-hydrogen) atoms. The molecule has 2 aliphatic rings. The molecular weight excluding hydrogens is 545 g/mol. The highest BCUT2D eigenvalue weighted by Crippen LogP contribution is 2.39. The quantitative estimate of drug-likeness (QED) is 0.319. The summed E-state index contributed by atoms with van der Waals surface area (Å²) in [5.41, 5.74) is 9.77. The van der Waals surface area contributed by atoms with Crippen molar-refractivity contribution in [2.75, 3.05) is 23.1 Å². The zero-order valence-electron chi connectivity index (χ0n) is 21.9. The Labute approximate surface area is 238 Å². The minimum Gasteiger partial charge on any atom is -0.490 e. The summed E-state index contributed by atoms with van der Waals surface area (Å²) in [6.45, 7) is 7.05. The molecule has 2 heterocycles. The van der Waals surface area contributed by atoms with E-state index >= 15 is 0 Å². The maximum absolute atomic E-state index is 13.1. The van der Waals surface area contributed by atoms with E-state index in [2.05, 4.69) is 4.90 Å². The van der Waals surface area contributed by atoms with Crippen LogP contribution < -0.4 is 14.8 Å². The van der Waals surface area contributed by atoms with Gasteiger partial charge in [0.2, 0.25) is 10.0 Å². The average molecular weight is 583 g/mol. The first-order valence-corrected chi connectivity index (χ1v) is 13.9. The molecule has 11 heteroatoms. The van der Waals surface area contributed by atoms with Gasteiger partial charge in [0.15, 0.2) is 0 Å². The number of rotatable bonds is 7. The fraction of sp³-hybridized carbons (Fsp3) is 0.407. The Morgan fingerprint density at radius 1 is 1.08 bits per heavy atom. The van der Waals surface area contributed by atoms with Crippen molar-refractivity contribution >= 4 is 57.8 Å². The minimum atomic E-state index is -3.50. The highest BCUT2D eigenvalue weighted by Gasteiger charge is 2.36. The van der Waals surface area contributed by atoms with E-state index in [-0.39, 0.29) is 48.5 Å². The van der Waals surface area contributed by atoms with Gasteiger partial charge in [0.1, 0.15) is 17.7 Å². The van der Waals surface area contributed by atoms with E-state index in [0.29, 0.717) is 23.5 Å². The topological polar surface area (TPSA) is 124 Å². The van der Waals surface area contributed by atoms with Crippen molar-refractivity contribution in [2.24, 2.45) is 5.73 Å². The molecule has 0 radical (unpaired) electrons. The van der Waals surface area contributed by atoms with Crippen molar-refractivity contribution in [2.45, 2.75) is 52.2 Å². The largest absolute Gasteiger partial charge is 0.490 e. The van der Waals surface area contributed by atoms with Crippen molar-refractivity contribution in [1.82, 2.24) is 4.90 Å². The maximum Gasteiger partial charge on any atom is 0.235 e. The van der Waals surface area contributed by atoms with Crippen molar-refractivity contribution in [1.29, 1.82) is 10.8 Å². The molecular formula is C27H37Cl2N5O3S. The molecule has 2 aromatic carbocycles. The molecule has 4 rings (SSSR count). The van der Waals surface area contributed by atoms with E-state index in [9.17, 15) is 8.42 Å². The van der Waals surface area contributed by atoms with E-state index in [1.165, 1.54) is 4.31 Å². The van der Waals surface area contributed by atoms with Gasteiger partial charge in [0.05, 0.1) is 23.3 Å². The molecule has 1 saturated heterocycles. The molecule has 0 aromatic heterocycles. The van der Waals surface area contributed by atoms with Crippen molar-refractivity contribution < 1.29 is 13.2 Å². The molecule has 0 bridgehead atoms. The van der Waals surface area contributed by atoms with Crippen LogP contribution in [0, 0.1) is 10.8 Å². The molecule has 0 spiro atoms. The van der Waals surface area contributed by atoms with Crippen LogP contribution in [0.25, 0.3) is 5.57 Å². The first-order chi connectivity index (χ1) is 17.1. The van der Waals surface area contributed by atoms with Gasteiger partial charge in [0, 0.05) is 31.5 Å². The third kappa shape index (κ3) is 6.81. The Morgan fingerprint density at radius 3 is 2.34 bits per heavy atom. The van der Waals surface area contributed by atoms with Gasteiger partial charge in [0.25, 0.3) is 0 Å². The third-order valence-corrected chi connectivity index (χ3v) is 8.77. The molecule has 1 atom stereocenters. The average Bonchev–Trinajstić information content (AvgIpc) is 3.22. The van der Waals surface area contributed by atoms with Crippen molar-refractivity contribution in [3.8, 4) is 5.75 Å². The summed E-state index contributed by atoms with van der Waals surface area (Å²) in [6, 6.07) is 12.8. The van der Waals surface area contributed by atoms with Crippen molar-refractivity contribution in [3.05, 3.63) is 65.2 Å². The van der Waals surface area contributed by atoms with Gasteiger partial charge in [-0.25, -0.2) is 8.42 Å². The predicted octanol–water partition coefficient (Wildman–Crippen LogP) is 4.84. The van der Waals surface area contributed by atoms with E-state index in [1.807, 2.05) is 56.3 Å². The lowest BCUT2D eigenvalue weighted by atomic mass is 10.0. The highest BCUT2D eigenvalue weighted by molar-refractivity contribution is 7.92. The summed E-state index contributed by atoms with van der Waals surface area (Å²) in [5.74, 6) is 1.35. The highest BCUT2D eigenvalue weighted by atomic mass is 35.5. The van der Waals surface area contributed by atoms with Gasteiger partial charge in [-0.15, -0.1) is 24.8 Å². The van der Waals surface area contributed by atoms with Gasteiger partial charge < -0.3 is 15.4 Å². The molecule has 1 unspecified atom stereocenters. The molecule has 0 amide bonds. The van der Waals surface area contributed by atoms with Crippen LogP contribution in [0.15, 0.2) is 48.5 Å². The number of benzene rings is 2. The van der Waals surface area contributed by atoms with Crippen LogP contribution in [0.4, 0.5) is 5.69 Å². The smallest absolute Gasteiger partial charge is 0.235 e. The lowest BCUT2D eigenvalue weighted by Crippen LogP contribution is -2.40. The number of allylic oxidation sites excluding steroid dienone is 1. The molecule has 1 fully saturated rings. The molecule has 0 saturated carbocycles. The SMILES string of the molecule is CCS(=O)(=O)N1c2ccc(OC3CCN(C(C)=N)CC3)cc2CC1/C=C(\C)c1cccc(C(=N)N)c1.Cl.Cl. The van der Waals surface area contributed by atoms with E-state index in [1.54, 1.807) is 13.0 Å². The normalized spacial score (nSPS) is 17.8. The Kier molecular flexibility index (Phi) is 10.7. The Bertz CT molecular complexity index is 1310. The number of hydrogen-bond acceptors (Lipinski definition) is 5. The first-order valence-electron chi connectivity index (χ1n) is 12.3. The second kappa shape index (κ2) is 12.9. The number of nitrogen functional groups attached to an aromatic ring is 1. The number of ether oxygens (including phenoxy) is 1. The van der Waals surface area contributed by atoms with E-state index in [4.69, 9.17) is 21.3 Å². The number of nitrogens with one attached hydrogen (secondary N) is 2. The minimum absolute atomic E-state index is 0. The van der Waals surface area contributed by atoms with Gasteiger partial charge in [-0.2, -0.15) is 0 Å². The predicted molar refractivity (Wildman–Crippen MR) is 160 cm³/mol. The summed E-state index contributed by atoms with van der Waals surface area (Å²) >= 11 is 0. The summed E-state index contributed by atoms with van der Waals surface area (Å²) in [5, 5.41) is 15.5. The second-order valence-corrected chi connectivity index (χ2v) is 11.6. The van der Waals surface area contributed by atoms with Crippen LogP contribution in [0.1, 0.15) is 50.3 Å². The number of hydrogen-bond donors (Lipinski definition) is 3. The second-order valence-electron chi connectivity index (χ2n) is 9.49. The van der Waals surface area contributed by atoms with Crippen LogP contribution in [0.2, 0.25) is 0 Å². The summed E-state index contributed by atoms with van der Waals surface area (Å²) in [7, 11) is -3.50. The van der Waals surface area contributed by atoms with Gasteiger partial charge in [-0.1, -0.05) is 24.3 Å². The zero-order valence-corrected chi connectivity index (χ0v) is 24.4. The molecule has 0 aliphatic carbocycles. The number of nitrogens with two attached hydrogens (primary N) is 1. The van der Waals surface area contributed by atoms with E-state index in [0.717, 1.165) is 48.4 Å². The van der Waals surface area contributed by atoms with Crippen molar-refractivity contribution in [3.63, 3.8) is 0 Å². The van der Waals surface area contributed by atoms with Gasteiger partial charge in [-0.05, 0) is 68.2 Å². The number of piperidine rings is 1. The summed E-state index contributed by atoms with van der Waals surface area (Å²) < 4.78 is 34.0. The van der Waals surface area contributed by atoms with Crippen LogP contribution >= 0.6 is 24.8 Å². The lowest BCUT2D eigenvalue weighted by Gasteiger charge is -2.32. The van der Waals surface area contributed by atoms with Crippen LogP contribution in [-0.2, 0) is 16.4 Å². The number of nitrogens with zero attached hydrogens (tertiary/aromatic N) is 2. The molecule has 4 N–H and O–H groups in total. The number of fused-ring (bicyclic) bond motifs is 1. The van der Waals surface area contributed by atoms with Crippen LogP contribution in [0.5, 0.6) is 5.75 Å².